The molecule has 0 bridgehead atoms. The van der Waals surface area contributed by atoms with E-state index < -0.39 is 0 Å². The van der Waals surface area contributed by atoms with Gasteiger partial charge < -0.3 is 4.90 Å². The number of hydrogen-bond donors (Lipinski definition) is 0. The molecule has 0 spiro atoms. The highest BCUT2D eigenvalue weighted by atomic mass is 19.1. The summed E-state index contributed by atoms with van der Waals surface area (Å²) in [6.07, 6.45) is 3.07. The molecule has 96 valence electrons. The van der Waals surface area contributed by atoms with Crippen molar-refractivity contribution >= 4 is 5.95 Å². The Kier molecular flexibility index (Phi) is 2.31. The van der Waals surface area contributed by atoms with Gasteiger partial charge in [0, 0.05) is 24.8 Å². The third-order valence-corrected chi connectivity index (χ3v) is 4.05. The quantitative estimate of drug-likeness (QED) is 0.826. The molecule has 2 fully saturated rings. The van der Waals surface area contributed by atoms with E-state index in [0.29, 0.717) is 11.3 Å². The number of nitrogens with zero attached hydrogens (tertiary/aromatic N) is 3. The Morgan fingerprint density at radius 3 is 2.68 bits per heavy atom. The number of benzene rings is 1. The highest BCUT2D eigenvalue weighted by molar-refractivity contribution is 5.61. The summed E-state index contributed by atoms with van der Waals surface area (Å²) < 4.78 is 13.8. The van der Waals surface area contributed by atoms with Gasteiger partial charge in [0.25, 0.3) is 0 Å². The maximum absolute atomic E-state index is 13.8. The number of halogens is 1. The van der Waals surface area contributed by atoms with Gasteiger partial charge in [0.1, 0.15) is 5.82 Å². The number of piperidine rings is 1. The summed E-state index contributed by atoms with van der Waals surface area (Å²) in [5.41, 5.74) is 1.19. The zero-order chi connectivity index (χ0) is 12.8. The molecule has 1 saturated heterocycles. The molecule has 4 rings (SSSR count). The monoisotopic (exact) mass is 255 g/mol. The molecular formula is C15H14FN3. The average molecular weight is 255 g/mol. The maximum atomic E-state index is 13.8. The summed E-state index contributed by atoms with van der Waals surface area (Å²) in [7, 11) is 0. The Labute approximate surface area is 111 Å². The van der Waals surface area contributed by atoms with E-state index in [1.165, 1.54) is 12.5 Å². The van der Waals surface area contributed by atoms with Crippen LogP contribution >= 0.6 is 0 Å². The molecule has 1 aromatic heterocycles. The molecule has 0 amide bonds. The zero-order valence-electron chi connectivity index (χ0n) is 10.5. The molecule has 2 aromatic rings. The Morgan fingerprint density at radius 2 is 1.89 bits per heavy atom. The minimum Gasteiger partial charge on any atom is -0.340 e. The van der Waals surface area contributed by atoms with Gasteiger partial charge in [-0.1, -0.05) is 12.1 Å². The third-order valence-electron chi connectivity index (χ3n) is 4.05. The largest absolute Gasteiger partial charge is 0.340 e. The van der Waals surface area contributed by atoms with E-state index in [2.05, 4.69) is 14.9 Å². The SMILES string of the molecule is Fc1ccccc1-c1ccnc(N2CC3CC3C2)n1. The lowest BCUT2D eigenvalue weighted by Gasteiger charge is -2.18. The molecule has 0 radical (unpaired) electrons. The first kappa shape index (κ1) is 10.9. The predicted octanol–water partition coefficient (Wildman–Crippen LogP) is 2.74. The van der Waals surface area contributed by atoms with E-state index in [9.17, 15) is 4.39 Å². The van der Waals surface area contributed by atoms with Crippen molar-refractivity contribution in [1.29, 1.82) is 0 Å². The number of anilines is 1. The fourth-order valence-electron chi connectivity index (χ4n) is 2.88. The number of aromatic nitrogens is 2. The van der Waals surface area contributed by atoms with Crippen molar-refractivity contribution in [3.8, 4) is 11.3 Å². The van der Waals surface area contributed by atoms with Gasteiger partial charge in [-0.15, -0.1) is 0 Å². The van der Waals surface area contributed by atoms with E-state index in [4.69, 9.17) is 0 Å². The van der Waals surface area contributed by atoms with Crippen molar-refractivity contribution in [1.82, 2.24) is 9.97 Å². The second-order valence-corrected chi connectivity index (χ2v) is 5.38. The van der Waals surface area contributed by atoms with Crippen LogP contribution in [0.4, 0.5) is 10.3 Å². The zero-order valence-corrected chi connectivity index (χ0v) is 10.5. The van der Waals surface area contributed by atoms with E-state index in [1.807, 2.05) is 6.07 Å². The lowest BCUT2D eigenvalue weighted by molar-refractivity contribution is 0.630. The Balaban J connectivity index is 1.68. The fourth-order valence-corrected chi connectivity index (χ4v) is 2.88. The van der Waals surface area contributed by atoms with E-state index in [1.54, 1.807) is 24.4 Å². The fraction of sp³-hybridized carbons (Fsp3) is 0.333. The molecule has 3 nitrogen and oxygen atoms in total. The summed E-state index contributed by atoms with van der Waals surface area (Å²) in [6, 6.07) is 8.49. The summed E-state index contributed by atoms with van der Waals surface area (Å²) in [4.78, 5) is 11.1. The van der Waals surface area contributed by atoms with Gasteiger partial charge in [0.05, 0.1) is 5.69 Å². The maximum Gasteiger partial charge on any atom is 0.225 e. The van der Waals surface area contributed by atoms with Crippen molar-refractivity contribution in [3.05, 3.63) is 42.3 Å². The molecular weight excluding hydrogens is 241 g/mol. The van der Waals surface area contributed by atoms with E-state index >= 15 is 0 Å². The number of rotatable bonds is 2. The molecule has 1 aromatic carbocycles. The molecule has 2 aliphatic rings. The van der Waals surface area contributed by atoms with Gasteiger partial charge in [-0.3, -0.25) is 0 Å². The topological polar surface area (TPSA) is 29.0 Å². The van der Waals surface area contributed by atoms with Gasteiger partial charge >= 0.3 is 0 Å². The minimum absolute atomic E-state index is 0.239. The average Bonchev–Trinajstić information content (AvgIpc) is 3.06. The normalized spacial score (nSPS) is 24.4. The molecule has 1 aliphatic carbocycles. The van der Waals surface area contributed by atoms with Gasteiger partial charge in [-0.05, 0) is 36.5 Å². The van der Waals surface area contributed by atoms with Crippen LogP contribution in [0.3, 0.4) is 0 Å². The second-order valence-electron chi connectivity index (χ2n) is 5.38. The standard InChI is InChI=1S/C15H14FN3/c16-13-4-2-1-3-12(13)14-5-6-17-15(18-14)19-8-10-7-11(10)9-19/h1-6,10-11H,7-9H2. The summed E-state index contributed by atoms with van der Waals surface area (Å²) in [6.45, 7) is 2.09. The van der Waals surface area contributed by atoms with Gasteiger partial charge in [0.15, 0.2) is 0 Å². The first-order valence-electron chi connectivity index (χ1n) is 6.64. The molecule has 2 unspecified atom stereocenters. The van der Waals surface area contributed by atoms with Crippen LogP contribution in [-0.4, -0.2) is 23.1 Å². The summed E-state index contributed by atoms with van der Waals surface area (Å²) in [5, 5.41) is 0. The van der Waals surface area contributed by atoms with E-state index in [-0.39, 0.29) is 5.82 Å². The minimum atomic E-state index is -0.239. The summed E-state index contributed by atoms with van der Waals surface area (Å²) in [5.74, 6) is 2.16. The number of hydrogen-bond acceptors (Lipinski definition) is 3. The Morgan fingerprint density at radius 1 is 1.11 bits per heavy atom. The van der Waals surface area contributed by atoms with Crippen molar-refractivity contribution in [2.24, 2.45) is 11.8 Å². The molecule has 0 N–H and O–H groups in total. The van der Waals surface area contributed by atoms with Crippen LogP contribution in [0.2, 0.25) is 0 Å². The number of fused-ring (bicyclic) bond motifs is 1. The van der Waals surface area contributed by atoms with Crippen LogP contribution in [0.25, 0.3) is 11.3 Å². The van der Waals surface area contributed by atoms with Crippen LogP contribution in [0.15, 0.2) is 36.5 Å². The molecule has 4 heteroatoms. The van der Waals surface area contributed by atoms with Crippen LogP contribution in [0.5, 0.6) is 0 Å². The molecule has 1 aliphatic heterocycles. The highest BCUT2D eigenvalue weighted by Crippen LogP contribution is 2.45. The van der Waals surface area contributed by atoms with Gasteiger partial charge in [0.2, 0.25) is 5.95 Å². The smallest absolute Gasteiger partial charge is 0.225 e. The first-order valence-corrected chi connectivity index (χ1v) is 6.64. The van der Waals surface area contributed by atoms with Crippen LogP contribution < -0.4 is 4.90 Å². The van der Waals surface area contributed by atoms with Crippen molar-refractivity contribution in [3.63, 3.8) is 0 Å². The Hall–Kier alpha value is -1.97. The van der Waals surface area contributed by atoms with Crippen molar-refractivity contribution in [2.75, 3.05) is 18.0 Å². The highest BCUT2D eigenvalue weighted by Gasteiger charge is 2.45. The summed E-state index contributed by atoms with van der Waals surface area (Å²) >= 11 is 0. The van der Waals surface area contributed by atoms with Crippen LogP contribution in [0.1, 0.15) is 6.42 Å². The first-order chi connectivity index (χ1) is 9.31. The molecule has 1 saturated carbocycles. The lowest BCUT2D eigenvalue weighted by Crippen LogP contribution is -2.24. The van der Waals surface area contributed by atoms with Crippen LogP contribution in [-0.2, 0) is 0 Å². The third kappa shape index (κ3) is 1.87. The van der Waals surface area contributed by atoms with Gasteiger partial charge in [-0.2, -0.15) is 0 Å². The predicted molar refractivity (Wildman–Crippen MR) is 71.2 cm³/mol. The Bertz CT molecular complexity index is 618. The van der Waals surface area contributed by atoms with Crippen LogP contribution in [0, 0.1) is 17.7 Å². The molecule has 2 atom stereocenters. The van der Waals surface area contributed by atoms with E-state index in [0.717, 1.165) is 30.9 Å². The van der Waals surface area contributed by atoms with Gasteiger partial charge in [-0.25, -0.2) is 14.4 Å². The lowest BCUT2D eigenvalue weighted by atomic mass is 10.1. The second kappa shape index (κ2) is 4.02. The molecule has 19 heavy (non-hydrogen) atoms. The van der Waals surface area contributed by atoms with Crippen molar-refractivity contribution in [2.45, 2.75) is 6.42 Å². The molecule has 2 heterocycles. The van der Waals surface area contributed by atoms with Crippen molar-refractivity contribution < 1.29 is 4.39 Å².